The molecule has 0 aliphatic carbocycles. The number of aryl methyl sites for hydroxylation is 1. The van der Waals surface area contributed by atoms with Crippen LogP contribution in [0.3, 0.4) is 0 Å². The van der Waals surface area contributed by atoms with Gasteiger partial charge in [0.05, 0.1) is 5.52 Å². The van der Waals surface area contributed by atoms with Crippen LogP contribution in [0.15, 0.2) is 48.5 Å². The molecule has 0 aliphatic heterocycles. The Morgan fingerprint density at radius 2 is 1.65 bits per heavy atom. The van der Waals surface area contributed by atoms with Crippen LogP contribution in [0.4, 0.5) is 0 Å². The maximum absolute atomic E-state index is 4.72. The van der Waals surface area contributed by atoms with Gasteiger partial charge in [0.2, 0.25) is 0 Å². The lowest BCUT2D eigenvalue weighted by molar-refractivity contribution is 0.890. The molecule has 0 fully saturated rings. The third-order valence-corrected chi connectivity index (χ3v) is 3.12. The average molecular weight is 221 g/mol. The summed E-state index contributed by atoms with van der Waals surface area (Å²) < 4.78 is 0. The van der Waals surface area contributed by atoms with Crippen molar-refractivity contribution in [2.24, 2.45) is 0 Å². The zero-order valence-corrected chi connectivity index (χ0v) is 9.98. The molecule has 0 amide bonds. The number of hydrogen-bond acceptors (Lipinski definition) is 1. The van der Waals surface area contributed by atoms with Crippen LogP contribution in [-0.2, 0) is 6.42 Å². The molecule has 0 atom stereocenters. The summed E-state index contributed by atoms with van der Waals surface area (Å²) in [5, 5.41) is 3.77. The molecule has 0 saturated carbocycles. The summed E-state index contributed by atoms with van der Waals surface area (Å²) in [5.41, 5.74) is 2.30. The molecular formula is C16H15N. The summed E-state index contributed by atoms with van der Waals surface area (Å²) in [6.07, 6.45) is 2.20. The highest BCUT2D eigenvalue weighted by Gasteiger charge is 2.00. The molecule has 17 heavy (non-hydrogen) atoms. The molecule has 84 valence electrons. The Morgan fingerprint density at radius 3 is 2.41 bits per heavy atom. The molecule has 0 saturated heterocycles. The van der Waals surface area contributed by atoms with E-state index in [1.165, 1.54) is 21.9 Å². The molecule has 0 radical (unpaired) electrons. The van der Waals surface area contributed by atoms with Gasteiger partial charge in [-0.3, -0.25) is 4.98 Å². The van der Waals surface area contributed by atoms with Crippen molar-refractivity contribution in [1.29, 1.82) is 0 Å². The number of aromatic nitrogens is 1. The van der Waals surface area contributed by atoms with E-state index in [1.807, 2.05) is 0 Å². The third kappa shape index (κ3) is 1.89. The molecule has 2 aromatic carbocycles. The van der Waals surface area contributed by atoms with Gasteiger partial charge in [-0.1, -0.05) is 43.7 Å². The minimum Gasteiger partial charge on any atom is -0.253 e. The van der Waals surface area contributed by atoms with E-state index in [0.717, 1.165) is 18.4 Å². The van der Waals surface area contributed by atoms with Gasteiger partial charge in [0.15, 0.2) is 0 Å². The van der Waals surface area contributed by atoms with E-state index in [4.69, 9.17) is 4.98 Å². The van der Waals surface area contributed by atoms with Crippen molar-refractivity contribution < 1.29 is 0 Å². The quantitative estimate of drug-likeness (QED) is 0.586. The Balaban J connectivity index is 2.25. The molecule has 1 heterocycles. The Bertz CT molecular complexity index is 670. The summed E-state index contributed by atoms with van der Waals surface area (Å²) in [4.78, 5) is 4.72. The molecule has 1 heteroatoms. The number of benzene rings is 2. The maximum Gasteiger partial charge on any atom is 0.0711 e. The lowest BCUT2D eigenvalue weighted by Gasteiger charge is -2.04. The first-order valence-corrected chi connectivity index (χ1v) is 6.15. The first-order valence-electron chi connectivity index (χ1n) is 6.15. The molecular weight excluding hydrogens is 206 g/mol. The summed E-state index contributed by atoms with van der Waals surface area (Å²) in [6, 6.07) is 17.2. The Hall–Kier alpha value is -1.89. The number of nitrogens with zero attached hydrogens (tertiary/aromatic N) is 1. The van der Waals surface area contributed by atoms with Crippen LogP contribution in [0.1, 0.15) is 19.0 Å². The minimum atomic E-state index is 1.06. The highest BCUT2D eigenvalue weighted by atomic mass is 14.7. The highest BCUT2D eigenvalue weighted by Crippen LogP contribution is 2.21. The molecule has 0 N–H and O–H groups in total. The molecule has 1 nitrogen and oxygen atoms in total. The average Bonchev–Trinajstić information content (AvgIpc) is 2.36. The zero-order chi connectivity index (χ0) is 11.7. The van der Waals surface area contributed by atoms with E-state index < -0.39 is 0 Å². The van der Waals surface area contributed by atoms with E-state index >= 15 is 0 Å². The van der Waals surface area contributed by atoms with Gasteiger partial charge in [-0.15, -0.1) is 0 Å². The first-order chi connectivity index (χ1) is 8.36. The smallest absolute Gasteiger partial charge is 0.0711 e. The standard InChI is InChI=1S/C16H15N/c1-2-5-15-9-8-14-10-12-6-3-4-7-13(12)11-16(14)17-15/h3-4,6-11H,2,5H2,1H3. The number of hydrogen-bond donors (Lipinski definition) is 0. The fourth-order valence-electron chi connectivity index (χ4n) is 2.25. The van der Waals surface area contributed by atoms with Gasteiger partial charge >= 0.3 is 0 Å². The monoisotopic (exact) mass is 221 g/mol. The van der Waals surface area contributed by atoms with Crippen LogP contribution in [0.2, 0.25) is 0 Å². The topological polar surface area (TPSA) is 12.9 Å². The van der Waals surface area contributed by atoms with Gasteiger partial charge in [-0.2, -0.15) is 0 Å². The largest absolute Gasteiger partial charge is 0.253 e. The van der Waals surface area contributed by atoms with E-state index in [2.05, 4.69) is 55.5 Å². The first kappa shape index (κ1) is 10.3. The molecule has 0 aliphatic rings. The zero-order valence-electron chi connectivity index (χ0n) is 9.98. The van der Waals surface area contributed by atoms with E-state index in [0.29, 0.717) is 0 Å². The molecule has 3 aromatic rings. The Kier molecular flexibility index (Phi) is 2.52. The predicted molar refractivity (Wildman–Crippen MR) is 73.2 cm³/mol. The molecule has 3 rings (SSSR count). The Morgan fingerprint density at radius 1 is 0.882 bits per heavy atom. The van der Waals surface area contributed by atoms with Crippen LogP contribution in [0, 0.1) is 0 Å². The normalized spacial score (nSPS) is 11.1. The SMILES string of the molecule is CCCc1ccc2cc3ccccc3cc2n1. The van der Waals surface area contributed by atoms with Crippen LogP contribution < -0.4 is 0 Å². The van der Waals surface area contributed by atoms with Crippen molar-refractivity contribution in [2.45, 2.75) is 19.8 Å². The van der Waals surface area contributed by atoms with Crippen LogP contribution in [0.25, 0.3) is 21.7 Å². The Labute approximate surface area is 101 Å². The van der Waals surface area contributed by atoms with Gasteiger partial charge in [-0.25, -0.2) is 0 Å². The van der Waals surface area contributed by atoms with E-state index in [9.17, 15) is 0 Å². The predicted octanol–water partition coefficient (Wildman–Crippen LogP) is 4.34. The number of pyridine rings is 1. The van der Waals surface area contributed by atoms with Gasteiger partial charge in [0, 0.05) is 11.1 Å². The van der Waals surface area contributed by atoms with Gasteiger partial charge in [-0.05, 0) is 35.4 Å². The van der Waals surface area contributed by atoms with Crippen LogP contribution >= 0.6 is 0 Å². The van der Waals surface area contributed by atoms with Gasteiger partial charge in [0.25, 0.3) is 0 Å². The summed E-state index contributed by atoms with van der Waals surface area (Å²) >= 11 is 0. The summed E-state index contributed by atoms with van der Waals surface area (Å²) in [7, 11) is 0. The second kappa shape index (κ2) is 4.17. The lowest BCUT2D eigenvalue weighted by atomic mass is 10.1. The molecule has 0 spiro atoms. The second-order valence-corrected chi connectivity index (χ2v) is 4.44. The van der Waals surface area contributed by atoms with Crippen molar-refractivity contribution in [2.75, 3.05) is 0 Å². The van der Waals surface area contributed by atoms with Crippen molar-refractivity contribution in [3.63, 3.8) is 0 Å². The fraction of sp³-hybridized carbons (Fsp3) is 0.188. The summed E-state index contributed by atoms with van der Waals surface area (Å²) in [6.45, 7) is 2.19. The minimum absolute atomic E-state index is 1.06. The highest BCUT2D eigenvalue weighted by molar-refractivity contribution is 5.96. The second-order valence-electron chi connectivity index (χ2n) is 4.44. The van der Waals surface area contributed by atoms with Crippen LogP contribution in [0.5, 0.6) is 0 Å². The number of rotatable bonds is 2. The maximum atomic E-state index is 4.72. The lowest BCUT2D eigenvalue weighted by Crippen LogP contribution is -1.89. The summed E-state index contributed by atoms with van der Waals surface area (Å²) in [5.74, 6) is 0. The van der Waals surface area contributed by atoms with Gasteiger partial charge in [0.1, 0.15) is 0 Å². The third-order valence-electron chi connectivity index (χ3n) is 3.12. The fourth-order valence-corrected chi connectivity index (χ4v) is 2.25. The van der Waals surface area contributed by atoms with E-state index in [-0.39, 0.29) is 0 Å². The van der Waals surface area contributed by atoms with Crippen molar-refractivity contribution in [3.8, 4) is 0 Å². The van der Waals surface area contributed by atoms with Crippen molar-refractivity contribution >= 4 is 21.7 Å². The molecule has 0 bridgehead atoms. The molecule has 0 unspecified atom stereocenters. The van der Waals surface area contributed by atoms with E-state index in [1.54, 1.807) is 0 Å². The molecule has 1 aromatic heterocycles. The van der Waals surface area contributed by atoms with Crippen LogP contribution in [-0.4, -0.2) is 4.98 Å². The number of fused-ring (bicyclic) bond motifs is 2. The van der Waals surface area contributed by atoms with Gasteiger partial charge < -0.3 is 0 Å². The van der Waals surface area contributed by atoms with Crippen molar-refractivity contribution in [3.05, 3.63) is 54.2 Å². The van der Waals surface area contributed by atoms with Crippen molar-refractivity contribution in [1.82, 2.24) is 4.98 Å².